The molecule has 0 bridgehead atoms. The lowest BCUT2D eigenvalue weighted by Crippen LogP contribution is -2.44. The van der Waals surface area contributed by atoms with Gasteiger partial charge in [-0.15, -0.1) is 0 Å². The number of hydrogen-bond acceptors (Lipinski definition) is 5. The van der Waals surface area contributed by atoms with Gasteiger partial charge in [0.15, 0.2) is 6.61 Å². The van der Waals surface area contributed by atoms with Gasteiger partial charge in [0.2, 0.25) is 5.78 Å². The first kappa shape index (κ1) is 17.8. The Morgan fingerprint density at radius 2 is 1.54 bits per heavy atom. The summed E-state index contributed by atoms with van der Waals surface area (Å²) in [6.07, 6.45) is 0. The highest BCUT2D eigenvalue weighted by atomic mass is 35.5. The van der Waals surface area contributed by atoms with Gasteiger partial charge in [-0.25, -0.2) is 4.79 Å². The molecular weight excluding hydrogens is 358 g/mol. The van der Waals surface area contributed by atoms with Crippen LogP contribution in [0.25, 0.3) is 0 Å². The molecule has 0 unspecified atom stereocenters. The van der Waals surface area contributed by atoms with Gasteiger partial charge in [0.1, 0.15) is 6.04 Å². The zero-order valence-electron chi connectivity index (χ0n) is 13.8. The van der Waals surface area contributed by atoms with Crippen molar-refractivity contribution in [1.29, 1.82) is 0 Å². The molecule has 0 spiro atoms. The van der Waals surface area contributed by atoms with E-state index in [9.17, 15) is 19.2 Å². The number of benzene rings is 2. The lowest BCUT2D eigenvalue weighted by Gasteiger charge is -2.20. The number of carbonyl (C=O) groups is 4. The minimum atomic E-state index is -1.15. The first-order valence-electron chi connectivity index (χ1n) is 7.83. The van der Waals surface area contributed by atoms with Crippen molar-refractivity contribution in [1.82, 2.24) is 4.90 Å². The van der Waals surface area contributed by atoms with Gasteiger partial charge in [0.05, 0.1) is 16.1 Å². The zero-order valence-corrected chi connectivity index (χ0v) is 14.5. The second-order valence-corrected chi connectivity index (χ2v) is 6.12. The molecule has 1 aliphatic rings. The number of imide groups is 1. The van der Waals surface area contributed by atoms with Gasteiger partial charge < -0.3 is 4.74 Å². The lowest BCUT2D eigenvalue weighted by atomic mass is 10.1. The molecule has 0 saturated heterocycles. The molecule has 3 rings (SSSR count). The Morgan fingerprint density at radius 3 is 2.12 bits per heavy atom. The molecule has 0 radical (unpaired) electrons. The van der Waals surface area contributed by atoms with E-state index in [0.717, 1.165) is 4.90 Å². The summed E-state index contributed by atoms with van der Waals surface area (Å²) in [6.45, 7) is 0.847. The van der Waals surface area contributed by atoms with E-state index >= 15 is 0 Å². The highest BCUT2D eigenvalue weighted by Crippen LogP contribution is 2.25. The minimum absolute atomic E-state index is 0.232. The Balaban J connectivity index is 1.68. The average molecular weight is 372 g/mol. The summed E-state index contributed by atoms with van der Waals surface area (Å²) in [5, 5.41) is 0.252. The van der Waals surface area contributed by atoms with Crippen LogP contribution in [0, 0.1) is 0 Å². The number of carbonyl (C=O) groups excluding carboxylic acids is 4. The Hall–Kier alpha value is -2.99. The molecule has 0 fully saturated rings. The highest BCUT2D eigenvalue weighted by molar-refractivity contribution is 6.34. The van der Waals surface area contributed by atoms with Crippen LogP contribution >= 0.6 is 11.6 Å². The molecule has 26 heavy (non-hydrogen) atoms. The Kier molecular flexibility index (Phi) is 4.86. The fraction of sp³-hybridized carbons (Fsp3) is 0.158. The number of hydrogen-bond donors (Lipinski definition) is 0. The molecule has 0 aliphatic carbocycles. The summed E-state index contributed by atoms with van der Waals surface area (Å²) < 4.78 is 4.99. The number of nitrogens with zero attached hydrogens (tertiary/aromatic N) is 1. The summed E-state index contributed by atoms with van der Waals surface area (Å²) in [4.78, 5) is 49.9. The van der Waals surface area contributed by atoms with Gasteiger partial charge in [-0.2, -0.15) is 0 Å². The van der Waals surface area contributed by atoms with Crippen molar-refractivity contribution in [2.75, 3.05) is 6.61 Å². The minimum Gasteiger partial charge on any atom is -0.456 e. The van der Waals surface area contributed by atoms with Crippen LogP contribution in [0.3, 0.4) is 0 Å². The molecule has 1 heterocycles. The van der Waals surface area contributed by atoms with Gasteiger partial charge in [-0.1, -0.05) is 35.9 Å². The second-order valence-electron chi connectivity index (χ2n) is 5.71. The third-order valence-electron chi connectivity index (χ3n) is 4.07. The molecule has 1 atom stereocenters. The van der Waals surface area contributed by atoms with E-state index in [-0.39, 0.29) is 21.7 Å². The van der Waals surface area contributed by atoms with Gasteiger partial charge >= 0.3 is 5.97 Å². The van der Waals surface area contributed by atoms with E-state index < -0.39 is 36.2 Å². The SMILES string of the molecule is C[C@H](C(=O)OCC(=O)c1ccccc1Cl)N1C(=O)c2ccccc2C1=O. The molecule has 7 heteroatoms. The van der Waals surface area contributed by atoms with E-state index in [1.165, 1.54) is 25.1 Å². The van der Waals surface area contributed by atoms with E-state index in [2.05, 4.69) is 0 Å². The van der Waals surface area contributed by atoms with Crippen molar-refractivity contribution < 1.29 is 23.9 Å². The fourth-order valence-electron chi connectivity index (χ4n) is 2.69. The van der Waals surface area contributed by atoms with Gasteiger partial charge in [0, 0.05) is 5.56 Å². The maximum absolute atomic E-state index is 12.4. The molecule has 2 aromatic carbocycles. The first-order valence-corrected chi connectivity index (χ1v) is 8.21. The molecule has 0 aromatic heterocycles. The predicted molar refractivity (Wildman–Crippen MR) is 93.1 cm³/mol. The Labute approximate surface area is 154 Å². The summed E-state index contributed by atoms with van der Waals surface area (Å²) in [5.41, 5.74) is 0.712. The standard InChI is InChI=1S/C19H14ClNO5/c1-11(21-17(23)12-6-2-3-7-13(12)18(21)24)19(25)26-10-16(22)14-8-4-5-9-15(14)20/h2-9,11H,10H2,1H3/t11-/m1/s1. The largest absolute Gasteiger partial charge is 0.456 e. The number of esters is 1. The monoisotopic (exact) mass is 371 g/mol. The van der Waals surface area contributed by atoms with E-state index in [1.807, 2.05) is 0 Å². The van der Waals surface area contributed by atoms with Crippen LogP contribution in [-0.2, 0) is 9.53 Å². The number of ketones is 1. The fourth-order valence-corrected chi connectivity index (χ4v) is 2.93. The van der Waals surface area contributed by atoms with Crippen molar-refractivity contribution >= 4 is 35.2 Å². The predicted octanol–water partition coefficient (Wildman–Crippen LogP) is 2.75. The maximum Gasteiger partial charge on any atom is 0.329 e. The number of fused-ring (bicyclic) bond motifs is 1. The maximum atomic E-state index is 12.4. The molecule has 1 aliphatic heterocycles. The van der Waals surface area contributed by atoms with Crippen LogP contribution in [0.2, 0.25) is 5.02 Å². The van der Waals surface area contributed by atoms with Crippen molar-refractivity contribution in [2.45, 2.75) is 13.0 Å². The smallest absolute Gasteiger partial charge is 0.329 e. The number of amides is 2. The van der Waals surface area contributed by atoms with Crippen molar-refractivity contribution in [3.05, 3.63) is 70.2 Å². The summed E-state index contributed by atoms with van der Waals surface area (Å²) in [7, 11) is 0. The van der Waals surface area contributed by atoms with Gasteiger partial charge in [-0.3, -0.25) is 19.3 Å². The number of ether oxygens (including phenoxy) is 1. The van der Waals surface area contributed by atoms with Crippen LogP contribution in [0.15, 0.2) is 48.5 Å². The molecule has 0 N–H and O–H groups in total. The molecular formula is C19H14ClNO5. The third-order valence-corrected chi connectivity index (χ3v) is 4.40. The molecule has 2 aromatic rings. The number of rotatable bonds is 5. The first-order chi connectivity index (χ1) is 12.4. The summed E-state index contributed by atoms with van der Waals surface area (Å²) in [5.74, 6) is -2.45. The van der Waals surface area contributed by atoms with Gasteiger partial charge in [0.25, 0.3) is 11.8 Å². The number of Topliss-reactive ketones (excluding diaryl/α,β-unsaturated/α-hetero) is 1. The molecule has 6 nitrogen and oxygen atoms in total. The van der Waals surface area contributed by atoms with Crippen molar-refractivity contribution in [2.24, 2.45) is 0 Å². The normalized spacial score (nSPS) is 14.2. The van der Waals surface area contributed by atoms with Crippen molar-refractivity contribution in [3.8, 4) is 0 Å². The molecule has 2 amide bonds. The lowest BCUT2D eigenvalue weighted by molar-refractivity contribution is -0.146. The molecule has 132 valence electrons. The highest BCUT2D eigenvalue weighted by Gasteiger charge is 2.41. The topological polar surface area (TPSA) is 80.8 Å². The second kappa shape index (κ2) is 7.09. The van der Waals surface area contributed by atoms with Gasteiger partial charge in [-0.05, 0) is 31.2 Å². The van der Waals surface area contributed by atoms with E-state index in [4.69, 9.17) is 16.3 Å². The third kappa shape index (κ3) is 3.11. The Bertz CT molecular complexity index is 889. The van der Waals surface area contributed by atoms with Crippen LogP contribution in [0.4, 0.5) is 0 Å². The average Bonchev–Trinajstić information content (AvgIpc) is 2.90. The van der Waals surface area contributed by atoms with Crippen LogP contribution in [0.1, 0.15) is 38.0 Å². The number of halogens is 1. The Morgan fingerprint density at radius 1 is 1.00 bits per heavy atom. The molecule has 0 saturated carbocycles. The van der Waals surface area contributed by atoms with Crippen LogP contribution < -0.4 is 0 Å². The van der Waals surface area contributed by atoms with Crippen molar-refractivity contribution in [3.63, 3.8) is 0 Å². The summed E-state index contributed by atoms with van der Waals surface area (Å²) in [6, 6.07) is 11.6. The van der Waals surface area contributed by atoms with E-state index in [0.29, 0.717) is 0 Å². The quantitative estimate of drug-likeness (QED) is 0.458. The summed E-state index contributed by atoms with van der Waals surface area (Å²) >= 11 is 5.93. The van der Waals surface area contributed by atoms with Crippen LogP contribution in [-0.4, -0.2) is 41.1 Å². The van der Waals surface area contributed by atoms with E-state index in [1.54, 1.807) is 30.3 Å². The zero-order chi connectivity index (χ0) is 18.8. The van der Waals surface area contributed by atoms with Crippen LogP contribution in [0.5, 0.6) is 0 Å².